The Balaban J connectivity index is 1.77. The standard InChI is InChI=1S/C17H21Cl2N5O/c1-20-17(24-10-12-5-3-4-6-15(12)25-2)22-8-7-21-16-14(19)9-13(18)11-23-16/h3-6,9,11H,7-8,10H2,1-2H3,(H,21,23)(H2,20,22,24). The van der Waals surface area contributed by atoms with Crippen LogP contribution in [0.4, 0.5) is 5.82 Å². The maximum Gasteiger partial charge on any atom is 0.191 e. The summed E-state index contributed by atoms with van der Waals surface area (Å²) in [6.07, 6.45) is 1.55. The van der Waals surface area contributed by atoms with Gasteiger partial charge in [-0.1, -0.05) is 41.4 Å². The van der Waals surface area contributed by atoms with E-state index < -0.39 is 0 Å². The molecule has 0 aliphatic carbocycles. The summed E-state index contributed by atoms with van der Waals surface area (Å²) >= 11 is 11.9. The lowest BCUT2D eigenvalue weighted by Crippen LogP contribution is -2.39. The molecule has 0 spiro atoms. The number of halogens is 2. The van der Waals surface area contributed by atoms with Crippen molar-refractivity contribution in [2.24, 2.45) is 4.99 Å². The van der Waals surface area contributed by atoms with Crippen LogP contribution < -0.4 is 20.7 Å². The number of nitrogens with zero attached hydrogens (tertiary/aromatic N) is 2. The molecular formula is C17H21Cl2N5O. The van der Waals surface area contributed by atoms with Gasteiger partial charge in [-0.3, -0.25) is 4.99 Å². The Bertz CT molecular complexity index is 724. The van der Waals surface area contributed by atoms with Crippen molar-refractivity contribution in [3.63, 3.8) is 0 Å². The highest BCUT2D eigenvalue weighted by atomic mass is 35.5. The Morgan fingerprint density at radius 3 is 2.72 bits per heavy atom. The normalized spacial score (nSPS) is 11.1. The second kappa shape index (κ2) is 9.96. The van der Waals surface area contributed by atoms with Gasteiger partial charge in [-0.25, -0.2) is 4.98 Å². The molecule has 2 rings (SSSR count). The van der Waals surface area contributed by atoms with Gasteiger partial charge in [0.05, 0.1) is 17.2 Å². The quantitative estimate of drug-likeness (QED) is 0.390. The van der Waals surface area contributed by atoms with E-state index in [1.807, 2.05) is 24.3 Å². The fourth-order valence-electron chi connectivity index (χ4n) is 2.16. The minimum absolute atomic E-state index is 0.492. The van der Waals surface area contributed by atoms with Crippen molar-refractivity contribution in [2.45, 2.75) is 6.54 Å². The van der Waals surface area contributed by atoms with Crippen molar-refractivity contribution in [3.8, 4) is 5.75 Å². The molecule has 1 aromatic carbocycles. The smallest absolute Gasteiger partial charge is 0.191 e. The Hall–Kier alpha value is -2.18. The molecule has 25 heavy (non-hydrogen) atoms. The molecule has 1 heterocycles. The summed E-state index contributed by atoms with van der Waals surface area (Å²) in [5.41, 5.74) is 1.06. The second-order valence-corrected chi connectivity index (χ2v) is 5.92. The van der Waals surface area contributed by atoms with E-state index in [4.69, 9.17) is 27.9 Å². The van der Waals surface area contributed by atoms with Crippen LogP contribution >= 0.6 is 23.2 Å². The van der Waals surface area contributed by atoms with Crippen LogP contribution in [-0.2, 0) is 6.54 Å². The molecular weight excluding hydrogens is 361 g/mol. The molecule has 0 aliphatic heterocycles. The third kappa shape index (κ3) is 5.99. The number of para-hydroxylation sites is 1. The van der Waals surface area contributed by atoms with Crippen molar-refractivity contribution >= 4 is 35.0 Å². The van der Waals surface area contributed by atoms with Crippen LogP contribution in [0.5, 0.6) is 5.75 Å². The first-order valence-electron chi connectivity index (χ1n) is 7.75. The average molecular weight is 382 g/mol. The lowest BCUT2D eigenvalue weighted by molar-refractivity contribution is 0.409. The third-order valence-electron chi connectivity index (χ3n) is 3.38. The molecule has 6 nitrogen and oxygen atoms in total. The lowest BCUT2D eigenvalue weighted by Gasteiger charge is -2.14. The van der Waals surface area contributed by atoms with Crippen LogP contribution in [0.1, 0.15) is 5.56 Å². The largest absolute Gasteiger partial charge is 0.496 e. The van der Waals surface area contributed by atoms with Crippen LogP contribution in [0.15, 0.2) is 41.5 Å². The van der Waals surface area contributed by atoms with E-state index >= 15 is 0 Å². The zero-order valence-corrected chi connectivity index (χ0v) is 15.7. The van der Waals surface area contributed by atoms with Gasteiger partial charge in [-0.15, -0.1) is 0 Å². The topological polar surface area (TPSA) is 70.6 Å². The molecule has 0 atom stereocenters. The number of hydrogen-bond acceptors (Lipinski definition) is 4. The van der Waals surface area contributed by atoms with Crippen LogP contribution in [0.3, 0.4) is 0 Å². The van der Waals surface area contributed by atoms with E-state index in [0.717, 1.165) is 11.3 Å². The molecule has 1 aromatic heterocycles. The zero-order chi connectivity index (χ0) is 18.1. The van der Waals surface area contributed by atoms with Crippen molar-refractivity contribution in [3.05, 3.63) is 52.1 Å². The molecule has 0 radical (unpaired) electrons. The van der Waals surface area contributed by atoms with Gasteiger partial charge in [0.25, 0.3) is 0 Å². The maximum atomic E-state index is 6.07. The van der Waals surface area contributed by atoms with Crippen molar-refractivity contribution in [1.29, 1.82) is 0 Å². The highest BCUT2D eigenvalue weighted by molar-refractivity contribution is 6.35. The van der Waals surface area contributed by atoms with Gasteiger partial charge in [0.2, 0.25) is 0 Å². The minimum atomic E-state index is 0.492. The van der Waals surface area contributed by atoms with Crippen LogP contribution in [0.25, 0.3) is 0 Å². The SMILES string of the molecule is CN=C(NCCNc1ncc(Cl)cc1Cl)NCc1ccccc1OC. The van der Waals surface area contributed by atoms with E-state index in [0.29, 0.717) is 41.5 Å². The number of pyridine rings is 1. The maximum absolute atomic E-state index is 6.07. The number of aromatic nitrogens is 1. The van der Waals surface area contributed by atoms with Crippen molar-refractivity contribution in [1.82, 2.24) is 15.6 Å². The van der Waals surface area contributed by atoms with Gasteiger partial charge in [0.1, 0.15) is 11.6 Å². The van der Waals surface area contributed by atoms with E-state index in [9.17, 15) is 0 Å². The first-order valence-corrected chi connectivity index (χ1v) is 8.51. The molecule has 134 valence electrons. The zero-order valence-electron chi connectivity index (χ0n) is 14.1. The number of methoxy groups -OCH3 is 1. The van der Waals surface area contributed by atoms with Crippen molar-refractivity contribution < 1.29 is 4.74 Å². The van der Waals surface area contributed by atoms with Crippen LogP contribution in [0, 0.1) is 0 Å². The number of nitrogens with one attached hydrogen (secondary N) is 3. The first-order chi connectivity index (χ1) is 12.1. The summed E-state index contributed by atoms with van der Waals surface area (Å²) in [6.45, 7) is 1.89. The minimum Gasteiger partial charge on any atom is -0.496 e. The van der Waals surface area contributed by atoms with Gasteiger partial charge in [-0.2, -0.15) is 0 Å². The molecule has 0 fully saturated rings. The molecule has 0 aliphatic rings. The van der Waals surface area contributed by atoms with Gasteiger partial charge in [0.15, 0.2) is 5.96 Å². The Kier molecular flexibility index (Phi) is 7.63. The Labute approximate surface area is 157 Å². The lowest BCUT2D eigenvalue weighted by atomic mass is 10.2. The molecule has 8 heteroatoms. The second-order valence-electron chi connectivity index (χ2n) is 5.08. The third-order valence-corrected chi connectivity index (χ3v) is 3.87. The van der Waals surface area contributed by atoms with Crippen LogP contribution in [0.2, 0.25) is 10.0 Å². The van der Waals surface area contributed by atoms with Crippen molar-refractivity contribution in [2.75, 3.05) is 32.6 Å². The summed E-state index contributed by atoms with van der Waals surface area (Å²) in [7, 11) is 3.39. The summed E-state index contributed by atoms with van der Waals surface area (Å²) in [5, 5.41) is 10.6. The molecule has 0 unspecified atom stereocenters. The Morgan fingerprint density at radius 1 is 1.20 bits per heavy atom. The summed E-state index contributed by atoms with van der Waals surface area (Å²) in [6, 6.07) is 9.51. The summed E-state index contributed by atoms with van der Waals surface area (Å²) in [5.74, 6) is 2.14. The van der Waals surface area contributed by atoms with E-state index in [1.165, 1.54) is 0 Å². The van der Waals surface area contributed by atoms with Gasteiger partial charge in [-0.05, 0) is 12.1 Å². The first kappa shape index (κ1) is 19.1. The predicted octanol–water partition coefficient (Wildman–Crippen LogP) is 3.17. The fourth-order valence-corrected chi connectivity index (χ4v) is 2.60. The monoisotopic (exact) mass is 381 g/mol. The highest BCUT2D eigenvalue weighted by Crippen LogP contribution is 2.22. The Morgan fingerprint density at radius 2 is 2.00 bits per heavy atom. The number of aliphatic imine (C=N–C) groups is 1. The van der Waals surface area contributed by atoms with E-state index in [2.05, 4.69) is 25.9 Å². The molecule has 0 saturated heterocycles. The number of guanidine groups is 1. The average Bonchev–Trinajstić information content (AvgIpc) is 2.62. The number of benzene rings is 1. The molecule has 0 amide bonds. The molecule has 0 bridgehead atoms. The fraction of sp³-hybridized carbons (Fsp3) is 0.294. The summed E-state index contributed by atoms with van der Waals surface area (Å²) in [4.78, 5) is 8.35. The van der Waals surface area contributed by atoms with Gasteiger partial charge < -0.3 is 20.7 Å². The molecule has 2 aromatic rings. The highest BCUT2D eigenvalue weighted by Gasteiger charge is 2.04. The van der Waals surface area contributed by atoms with E-state index in [1.54, 1.807) is 26.4 Å². The van der Waals surface area contributed by atoms with Crippen LogP contribution in [-0.4, -0.2) is 38.2 Å². The van der Waals surface area contributed by atoms with Gasteiger partial charge in [0, 0.05) is 38.4 Å². The van der Waals surface area contributed by atoms with Gasteiger partial charge >= 0.3 is 0 Å². The molecule has 3 N–H and O–H groups in total. The predicted molar refractivity (Wildman–Crippen MR) is 104 cm³/mol. The number of rotatable bonds is 7. The number of ether oxygens (including phenoxy) is 1. The van der Waals surface area contributed by atoms with E-state index in [-0.39, 0.29) is 0 Å². The number of anilines is 1. The summed E-state index contributed by atoms with van der Waals surface area (Å²) < 4.78 is 5.34. The number of hydrogen-bond donors (Lipinski definition) is 3. The molecule has 0 saturated carbocycles.